The summed E-state index contributed by atoms with van der Waals surface area (Å²) in [6.07, 6.45) is -0.519. The molecular formula is C34H55N3O10. The lowest BCUT2D eigenvalue weighted by molar-refractivity contribution is -0.384. The van der Waals surface area contributed by atoms with Gasteiger partial charge >= 0.3 is 12.1 Å². The van der Waals surface area contributed by atoms with Gasteiger partial charge in [-0.25, -0.2) is 4.79 Å². The number of aryl methyl sites for hydroxylation is 1. The van der Waals surface area contributed by atoms with E-state index in [9.17, 15) is 24.6 Å². The minimum atomic E-state index is -1.26. The average molecular weight is 666 g/mol. The minimum Gasteiger partial charge on any atom is -0.498 e. The van der Waals surface area contributed by atoms with Crippen molar-refractivity contribution >= 4 is 23.5 Å². The van der Waals surface area contributed by atoms with Crippen LogP contribution in [0.1, 0.15) is 74.3 Å². The monoisotopic (exact) mass is 665 g/mol. The van der Waals surface area contributed by atoms with E-state index in [2.05, 4.69) is 11.8 Å². The highest BCUT2D eigenvalue weighted by atomic mass is 16.7. The molecule has 3 N–H and O–H groups in total. The predicted octanol–water partition coefficient (Wildman–Crippen LogP) is 8.03. The number of ether oxygens (including phenoxy) is 4. The first-order valence-corrected chi connectivity index (χ1v) is 15.4. The zero-order chi connectivity index (χ0) is 37.0. The number of aliphatic hydroxyl groups excluding tert-OH is 1. The molecule has 2 atom stereocenters. The molecule has 0 heterocycles. The SMILES string of the molecule is C=C(C)OCC(C)(COC(=O)Oc1ccc(N=O)cc1)C(=O)OCCC(C)N.CC.CC.CC(C)CO.Cc1ccc([N+](=O)[O-])cc1. The molecule has 0 radical (unpaired) electrons. The highest BCUT2D eigenvalue weighted by molar-refractivity contribution is 5.77. The number of allylic oxidation sites excluding steroid dienone is 1. The van der Waals surface area contributed by atoms with Crippen molar-refractivity contribution in [1.29, 1.82) is 0 Å². The average Bonchev–Trinajstić information content (AvgIpc) is 3.05. The van der Waals surface area contributed by atoms with E-state index in [-0.39, 0.29) is 43.0 Å². The highest BCUT2D eigenvalue weighted by Gasteiger charge is 2.38. The maximum Gasteiger partial charge on any atom is 0.513 e. The van der Waals surface area contributed by atoms with E-state index in [1.54, 1.807) is 32.9 Å². The summed E-state index contributed by atoms with van der Waals surface area (Å²) in [4.78, 5) is 44.5. The summed E-state index contributed by atoms with van der Waals surface area (Å²) in [5.41, 5.74) is 5.75. The molecule has 0 aliphatic heterocycles. The van der Waals surface area contributed by atoms with Crippen molar-refractivity contribution in [3.63, 3.8) is 0 Å². The van der Waals surface area contributed by atoms with Crippen LogP contribution in [0.25, 0.3) is 0 Å². The number of rotatable bonds is 13. The van der Waals surface area contributed by atoms with Gasteiger partial charge in [0.2, 0.25) is 0 Å². The Kier molecular flexibility index (Phi) is 27.9. The number of nitro groups is 1. The van der Waals surface area contributed by atoms with E-state index in [4.69, 9.17) is 29.8 Å². The Morgan fingerprint density at radius 3 is 1.87 bits per heavy atom. The van der Waals surface area contributed by atoms with E-state index in [1.807, 2.05) is 48.5 Å². The van der Waals surface area contributed by atoms with Crippen LogP contribution in [0.3, 0.4) is 0 Å². The van der Waals surface area contributed by atoms with E-state index in [0.717, 1.165) is 5.56 Å². The van der Waals surface area contributed by atoms with Crippen molar-refractivity contribution in [2.24, 2.45) is 22.2 Å². The number of carbonyl (C=O) groups is 2. The van der Waals surface area contributed by atoms with Crippen LogP contribution < -0.4 is 10.5 Å². The first-order valence-electron chi connectivity index (χ1n) is 15.4. The van der Waals surface area contributed by atoms with Crippen LogP contribution in [0.4, 0.5) is 16.2 Å². The van der Waals surface area contributed by atoms with E-state index >= 15 is 0 Å². The topological polar surface area (TPSA) is 190 Å². The normalized spacial score (nSPS) is 11.3. The molecule has 0 spiro atoms. The molecule has 0 aliphatic rings. The van der Waals surface area contributed by atoms with Crippen LogP contribution in [0, 0.1) is 33.3 Å². The summed E-state index contributed by atoms with van der Waals surface area (Å²) in [5, 5.41) is 21.0. The fourth-order valence-corrected chi connectivity index (χ4v) is 2.54. The first-order chi connectivity index (χ1) is 22.1. The molecule has 0 amide bonds. The molecule has 47 heavy (non-hydrogen) atoms. The summed E-state index contributed by atoms with van der Waals surface area (Å²) in [6, 6.07) is 11.9. The van der Waals surface area contributed by atoms with Gasteiger partial charge < -0.3 is 29.8 Å². The number of nitro benzene ring substituents is 1. The second kappa shape index (κ2) is 27.9. The number of non-ortho nitro benzene ring substituents is 1. The third-order valence-corrected chi connectivity index (χ3v) is 5.20. The molecule has 266 valence electrons. The van der Waals surface area contributed by atoms with Gasteiger partial charge in [-0.05, 0) is 69.5 Å². The van der Waals surface area contributed by atoms with E-state index in [1.165, 1.54) is 36.4 Å². The number of aliphatic hydroxyl groups is 1. The smallest absolute Gasteiger partial charge is 0.498 e. The fraction of sp³-hybridized carbons (Fsp3) is 0.529. The molecule has 0 saturated heterocycles. The van der Waals surface area contributed by atoms with Crippen LogP contribution in [0.15, 0.2) is 66.0 Å². The Morgan fingerprint density at radius 1 is 0.979 bits per heavy atom. The summed E-state index contributed by atoms with van der Waals surface area (Å²) < 4.78 is 20.6. The third kappa shape index (κ3) is 24.5. The van der Waals surface area contributed by atoms with Crippen molar-refractivity contribution in [2.75, 3.05) is 26.4 Å². The molecule has 13 nitrogen and oxygen atoms in total. The summed E-state index contributed by atoms with van der Waals surface area (Å²) >= 11 is 0. The molecule has 0 saturated carbocycles. The number of carbonyl (C=O) groups excluding carboxylic acids is 2. The van der Waals surface area contributed by atoms with E-state index in [0.29, 0.717) is 24.7 Å². The van der Waals surface area contributed by atoms with Crippen molar-refractivity contribution in [3.8, 4) is 5.75 Å². The number of nitrogens with two attached hydrogens (primary N) is 1. The molecule has 2 rings (SSSR count). The standard InChI is InChI=1S/C19H26N2O7.C7H7NO2.C4H10O.2C2H6/c1-13(2)26-11-19(4,17(22)25-10-9-14(3)20)12-27-18(23)28-16-7-5-15(21-24)6-8-16;1-6-2-4-7(5-3-6)8(9)10;1-4(2)3-5;2*1-2/h5-8,14H,1,9-12,20H2,2-4H3;2-5H,1H3;4-5H,3H2,1-2H3;2*1-2H3. The lowest BCUT2D eigenvalue weighted by Crippen LogP contribution is -2.40. The van der Waals surface area contributed by atoms with Gasteiger partial charge in [-0.2, -0.15) is 0 Å². The van der Waals surface area contributed by atoms with Crippen LogP contribution >= 0.6 is 0 Å². The van der Waals surface area contributed by atoms with Gasteiger partial charge in [-0.1, -0.05) is 65.8 Å². The Hall–Kier alpha value is -4.36. The number of esters is 1. The summed E-state index contributed by atoms with van der Waals surface area (Å²) in [5.74, 6) is 0.413. The molecular weight excluding hydrogens is 610 g/mol. The maximum absolute atomic E-state index is 12.5. The molecule has 2 aromatic carbocycles. The van der Waals surface area contributed by atoms with E-state index < -0.39 is 22.5 Å². The lowest BCUT2D eigenvalue weighted by Gasteiger charge is -2.26. The van der Waals surface area contributed by atoms with Gasteiger partial charge in [0.15, 0.2) is 0 Å². The maximum atomic E-state index is 12.5. The van der Waals surface area contributed by atoms with Crippen molar-refractivity contribution in [1.82, 2.24) is 0 Å². The van der Waals surface area contributed by atoms with Crippen LogP contribution in [0.5, 0.6) is 5.75 Å². The highest BCUT2D eigenvalue weighted by Crippen LogP contribution is 2.23. The molecule has 2 aromatic rings. The third-order valence-electron chi connectivity index (χ3n) is 5.20. The van der Waals surface area contributed by atoms with Gasteiger partial charge in [0, 0.05) is 24.8 Å². The summed E-state index contributed by atoms with van der Waals surface area (Å²) in [6.45, 7) is 22.5. The molecule has 13 heteroatoms. The minimum absolute atomic E-state index is 0.0909. The molecule has 0 bridgehead atoms. The zero-order valence-electron chi connectivity index (χ0n) is 29.6. The van der Waals surface area contributed by atoms with Crippen LogP contribution in [0.2, 0.25) is 0 Å². The number of nitrogens with zero attached hydrogens (tertiary/aromatic N) is 2. The number of nitroso groups, excluding NO2 is 1. The van der Waals surface area contributed by atoms with Gasteiger partial charge in [0.1, 0.15) is 30.1 Å². The predicted molar refractivity (Wildman–Crippen MR) is 184 cm³/mol. The molecule has 2 unspecified atom stereocenters. The Morgan fingerprint density at radius 2 is 1.47 bits per heavy atom. The Balaban J connectivity index is -0.000000829. The van der Waals surface area contributed by atoms with Crippen molar-refractivity contribution in [2.45, 2.75) is 81.7 Å². The van der Waals surface area contributed by atoms with Crippen LogP contribution in [-0.2, 0) is 19.0 Å². The van der Waals surface area contributed by atoms with Gasteiger partial charge in [-0.3, -0.25) is 14.9 Å². The Bertz CT molecular complexity index is 1150. The van der Waals surface area contributed by atoms with Crippen molar-refractivity contribution in [3.05, 3.63) is 81.5 Å². The van der Waals surface area contributed by atoms with Crippen molar-refractivity contribution < 1.29 is 38.6 Å². The fourth-order valence-electron chi connectivity index (χ4n) is 2.54. The lowest BCUT2D eigenvalue weighted by atomic mass is 9.93. The Labute approximate surface area is 279 Å². The van der Waals surface area contributed by atoms with Crippen LogP contribution in [-0.4, -0.2) is 54.6 Å². The number of hydrogen-bond donors (Lipinski definition) is 2. The largest absolute Gasteiger partial charge is 0.513 e. The summed E-state index contributed by atoms with van der Waals surface area (Å²) in [7, 11) is 0. The van der Waals surface area contributed by atoms with Gasteiger partial charge in [0.25, 0.3) is 5.69 Å². The van der Waals surface area contributed by atoms with Gasteiger partial charge in [0.05, 0.1) is 17.3 Å². The molecule has 0 fully saturated rings. The second-order valence-electron chi connectivity index (χ2n) is 10.3. The second-order valence-corrected chi connectivity index (χ2v) is 10.3. The molecule has 0 aromatic heterocycles. The van der Waals surface area contributed by atoms with Gasteiger partial charge in [-0.15, -0.1) is 4.91 Å². The zero-order valence-corrected chi connectivity index (χ0v) is 29.6. The number of benzene rings is 2. The quantitative estimate of drug-likeness (QED) is 0.0526. The number of hydrogen-bond acceptors (Lipinski definition) is 12. The molecule has 0 aliphatic carbocycles. The first kappa shape index (κ1) is 47.1.